The van der Waals surface area contributed by atoms with E-state index in [1.54, 1.807) is 0 Å². The highest BCUT2D eigenvalue weighted by atomic mass is 16.2. The van der Waals surface area contributed by atoms with E-state index in [0.717, 1.165) is 43.7 Å². The van der Waals surface area contributed by atoms with E-state index in [-0.39, 0.29) is 6.03 Å². The number of aryl methyl sites for hydroxylation is 1. The first-order valence-corrected chi connectivity index (χ1v) is 10.9. The van der Waals surface area contributed by atoms with E-state index in [0.29, 0.717) is 5.41 Å². The highest BCUT2D eigenvalue weighted by molar-refractivity contribution is 5.73. The normalized spacial score (nSPS) is 31.1. The molecule has 0 aliphatic heterocycles. The summed E-state index contributed by atoms with van der Waals surface area (Å²) >= 11 is 0. The summed E-state index contributed by atoms with van der Waals surface area (Å²) in [5.74, 6) is 2.98. The Morgan fingerprint density at radius 3 is 2.15 bits per heavy atom. The third-order valence-corrected chi connectivity index (χ3v) is 7.50. The maximum atomic E-state index is 12.7. The molecular weight excluding hydrogens is 334 g/mol. The highest BCUT2D eigenvalue weighted by Crippen LogP contribution is 2.61. The van der Waals surface area contributed by atoms with E-state index >= 15 is 0 Å². The molecule has 1 aromatic rings. The van der Waals surface area contributed by atoms with Crippen LogP contribution in [-0.4, -0.2) is 48.0 Å². The number of aromatic nitrogens is 1. The van der Waals surface area contributed by atoms with E-state index in [1.165, 1.54) is 50.5 Å². The van der Waals surface area contributed by atoms with Gasteiger partial charge in [-0.25, -0.2) is 4.79 Å². The number of amides is 2. The smallest absolute Gasteiger partial charge is 0.319 e. The lowest BCUT2D eigenvalue weighted by Crippen LogP contribution is -2.48. The number of carbonyl (C=O) groups excluding carboxylic acids is 1. The second kappa shape index (κ2) is 7.81. The first kappa shape index (κ1) is 18.8. The third-order valence-electron chi connectivity index (χ3n) is 7.50. The number of carbonyl (C=O) groups is 1. The van der Waals surface area contributed by atoms with Crippen LogP contribution in [0.4, 0.5) is 4.79 Å². The van der Waals surface area contributed by atoms with E-state index in [9.17, 15) is 4.79 Å². The van der Waals surface area contributed by atoms with Crippen molar-refractivity contribution >= 4 is 6.03 Å². The zero-order chi connectivity index (χ0) is 18.9. The van der Waals surface area contributed by atoms with Crippen molar-refractivity contribution in [2.45, 2.75) is 57.8 Å². The van der Waals surface area contributed by atoms with Crippen molar-refractivity contribution in [1.29, 1.82) is 0 Å². The SMILES string of the molecule is CN(CCCc1ccncc1)C(=O)N(C)CCC12CC3CC(CC(C3)C1)C2. The second-order valence-corrected chi connectivity index (χ2v) is 9.75. The van der Waals surface area contributed by atoms with Crippen molar-refractivity contribution in [3.05, 3.63) is 30.1 Å². The molecule has 4 bridgehead atoms. The Kier molecular flexibility index (Phi) is 5.43. The largest absolute Gasteiger partial charge is 0.328 e. The standard InChI is InChI=1S/C23H35N3O/c1-25(10-3-4-18-5-8-24-9-6-18)22(27)26(2)11-7-23-15-19-12-20(16-23)14-21(13-19)17-23/h5-6,8-9,19-21H,3-4,7,10-17H2,1-2H3. The molecule has 4 aliphatic carbocycles. The average molecular weight is 370 g/mol. The van der Waals surface area contributed by atoms with Crippen molar-refractivity contribution in [2.75, 3.05) is 27.2 Å². The Labute approximate surface area is 164 Å². The van der Waals surface area contributed by atoms with Crippen molar-refractivity contribution in [2.24, 2.45) is 23.2 Å². The van der Waals surface area contributed by atoms with Crippen molar-refractivity contribution in [1.82, 2.24) is 14.8 Å². The van der Waals surface area contributed by atoms with Gasteiger partial charge in [-0.05, 0) is 98.7 Å². The van der Waals surface area contributed by atoms with Crippen LogP contribution in [0.15, 0.2) is 24.5 Å². The average Bonchev–Trinajstić information content (AvgIpc) is 2.65. The van der Waals surface area contributed by atoms with Crippen LogP contribution in [0.25, 0.3) is 0 Å². The zero-order valence-corrected chi connectivity index (χ0v) is 17.1. The Balaban J connectivity index is 1.22. The molecule has 0 radical (unpaired) electrons. The molecule has 2 amide bonds. The van der Waals surface area contributed by atoms with Crippen LogP contribution in [0.3, 0.4) is 0 Å². The van der Waals surface area contributed by atoms with Crippen LogP contribution in [0.5, 0.6) is 0 Å². The first-order valence-electron chi connectivity index (χ1n) is 10.9. The number of rotatable bonds is 7. The lowest BCUT2D eigenvalue weighted by molar-refractivity contribution is -0.0593. The summed E-state index contributed by atoms with van der Waals surface area (Å²) in [6.45, 7) is 1.72. The van der Waals surface area contributed by atoms with Gasteiger partial charge < -0.3 is 9.80 Å². The molecule has 4 nitrogen and oxygen atoms in total. The summed E-state index contributed by atoms with van der Waals surface area (Å²) in [5, 5.41) is 0. The predicted molar refractivity (Wildman–Crippen MR) is 108 cm³/mol. The van der Waals surface area contributed by atoms with E-state index in [4.69, 9.17) is 0 Å². The van der Waals surface area contributed by atoms with Crippen LogP contribution < -0.4 is 0 Å². The molecule has 0 saturated heterocycles. The summed E-state index contributed by atoms with van der Waals surface area (Å²) < 4.78 is 0. The molecule has 4 saturated carbocycles. The van der Waals surface area contributed by atoms with Gasteiger partial charge in [0.2, 0.25) is 0 Å². The lowest BCUT2D eigenvalue weighted by atomic mass is 9.49. The van der Waals surface area contributed by atoms with Crippen LogP contribution >= 0.6 is 0 Å². The third kappa shape index (κ3) is 4.30. The fourth-order valence-electron chi connectivity index (χ4n) is 6.55. The maximum absolute atomic E-state index is 12.7. The van der Waals surface area contributed by atoms with Gasteiger partial charge in [-0.2, -0.15) is 0 Å². The van der Waals surface area contributed by atoms with Gasteiger partial charge >= 0.3 is 6.03 Å². The van der Waals surface area contributed by atoms with E-state index in [1.807, 2.05) is 36.3 Å². The molecule has 1 heterocycles. The molecule has 1 aromatic heterocycles. The van der Waals surface area contributed by atoms with Crippen LogP contribution in [0, 0.1) is 23.2 Å². The number of pyridine rings is 1. The summed E-state index contributed by atoms with van der Waals surface area (Å²) in [6, 6.07) is 4.29. The van der Waals surface area contributed by atoms with Gasteiger partial charge in [0.15, 0.2) is 0 Å². The van der Waals surface area contributed by atoms with Crippen molar-refractivity contribution in [3.63, 3.8) is 0 Å². The highest BCUT2D eigenvalue weighted by Gasteiger charge is 2.50. The fourth-order valence-corrected chi connectivity index (χ4v) is 6.55. The summed E-state index contributed by atoms with van der Waals surface area (Å²) in [7, 11) is 3.93. The monoisotopic (exact) mass is 369 g/mol. The number of hydrogen-bond donors (Lipinski definition) is 0. The Morgan fingerprint density at radius 2 is 1.56 bits per heavy atom. The first-order chi connectivity index (χ1) is 13.0. The molecule has 27 heavy (non-hydrogen) atoms. The molecule has 4 heteroatoms. The van der Waals surface area contributed by atoms with Crippen LogP contribution in [-0.2, 0) is 6.42 Å². The molecule has 0 aromatic carbocycles. The molecule has 0 atom stereocenters. The lowest BCUT2D eigenvalue weighted by Gasteiger charge is -2.57. The summed E-state index contributed by atoms with van der Waals surface area (Å²) in [6.07, 6.45) is 15.7. The zero-order valence-electron chi connectivity index (χ0n) is 17.1. The van der Waals surface area contributed by atoms with Crippen molar-refractivity contribution in [3.8, 4) is 0 Å². The minimum absolute atomic E-state index is 0.175. The molecule has 5 rings (SSSR count). The van der Waals surface area contributed by atoms with E-state index in [2.05, 4.69) is 17.1 Å². The van der Waals surface area contributed by atoms with Gasteiger partial charge in [0, 0.05) is 39.6 Å². The van der Waals surface area contributed by atoms with Gasteiger partial charge in [-0.1, -0.05) is 0 Å². The predicted octanol–water partition coefficient (Wildman–Crippen LogP) is 4.60. The number of nitrogens with zero attached hydrogens (tertiary/aromatic N) is 3. The summed E-state index contributed by atoms with van der Waals surface area (Å²) in [4.78, 5) is 20.7. The molecule has 4 aliphatic rings. The minimum atomic E-state index is 0.175. The molecule has 148 valence electrons. The van der Waals surface area contributed by atoms with Gasteiger partial charge in [0.25, 0.3) is 0 Å². The van der Waals surface area contributed by atoms with Crippen molar-refractivity contribution < 1.29 is 4.79 Å². The Bertz CT molecular complexity index is 609. The molecule has 0 spiro atoms. The van der Waals surface area contributed by atoms with E-state index < -0.39 is 0 Å². The van der Waals surface area contributed by atoms with Crippen LogP contribution in [0.1, 0.15) is 56.9 Å². The van der Waals surface area contributed by atoms with Gasteiger partial charge in [-0.15, -0.1) is 0 Å². The van der Waals surface area contributed by atoms with Gasteiger partial charge in [-0.3, -0.25) is 4.98 Å². The minimum Gasteiger partial charge on any atom is -0.328 e. The fraction of sp³-hybridized carbons (Fsp3) is 0.739. The van der Waals surface area contributed by atoms with Gasteiger partial charge in [0.1, 0.15) is 0 Å². The quantitative estimate of drug-likeness (QED) is 0.704. The summed E-state index contributed by atoms with van der Waals surface area (Å²) in [5.41, 5.74) is 1.85. The molecule has 4 fully saturated rings. The molecule has 0 unspecified atom stereocenters. The number of hydrogen-bond acceptors (Lipinski definition) is 2. The topological polar surface area (TPSA) is 36.4 Å². The van der Waals surface area contributed by atoms with Gasteiger partial charge in [0.05, 0.1) is 0 Å². The second-order valence-electron chi connectivity index (χ2n) is 9.75. The Morgan fingerprint density at radius 1 is 1.00 bits per heavy atom. The van der Waals surface area contributed by atoms with Crippen LogP contribution in [0.2, 0.25) is 0 Å². The number of urea groups is 1. The molecular formula is C23H35N3O. The Hall–Kier alpha value is -1.58. The molecule has 0 N–H and O–H groups in total. The maximum Gasteiger partial charge on any atom is 0.319 e.